The van der Waals surface area contributed by atoms with Crippen LogP contribution in [-0.2, 0) is 14.3 Å². The molecule has 0 fully saturated rings. The molecule has 0 unspecified atom stereocenters. The fourth-order valence-corrected chi connectivity index (χ4v) is 2.42. The molecule has 0 saturated heterocycles. The maximum absolute atomic E-state index is 11.9. The van der Waals surface area contributed by atoms with Gasteiger partial charge in [-0.05, 0) is 18.2 Å². The van der Waals surface area contributed by atoms with Crippen molar-refractivity contribution in [3.63, 3.8) is 0 Å². The molecule has 10 nitrogen and oxygen atoms in total. The first-order chi connectivity index (χ1) is 13.0. The van der Waals surface area contributed by atoms with Gasteiger partial charge in [-0.1, -0.05) is 0 Å². The zero-order valence-electron chi connectivity index (χ0n) is 14.9. The van der Waals surface area contributed by atoms with Gasteiger partial charge in [0.15, 0.2) is 11.5 Å². The second-order valence-corrected chi connectivity index (χ2v) is 5.40. The molecule has 140 valence electrons. The molecule has 0 aromatic carbocycles. The average Bonchev–Trinajstić information content (AvgIpc) is 3.08. The number of hydrogen-bond acceptors (Lipinski definition) is 8. The summed E-state index contributed by atoms with van der Waals surface area (Å²) < 4.78 is 16.1. The van der Waals surface area contributed by atoms with Crippen molar-refractivity contribution in [1.82, 2.24) is 19.6 Å². The van der Waals surface area contributed by atoms with Gasteiger partial charge in [-0.3, -0.25) is 4.79 Å². The van der Waals surface area contributed by atoms with E-state index in [-0.39, 0.29) is 24.0 Å². The van der Waals surface area contributed by atoms with E-state index in [1.165, 1.54) is 32.0 Å². The Morgan fingerprint density at radius 1 is 1.22 bits per heavy atom. The van der Waals surface area contributed by atoms with Crippen LogP contribution < -0.4 is 10.1 Å². The standard InChI is InChI=1S/C17H17N5O5/c1-25-9-15(23)20-13-8-22-14(19-13)5-4-12(21-22)10-6-11(17(24)27-3)16(26-2)18-7-10/h4-8H,9H2,1-3H3,(H,20,23). The SMILES string of the molecule is COCC(=O)Nc1cn2nc(-c3cnc(OC)c(C(=O)OC)c3)ccc2n1. The van der Waals surface area contributed by atoms with Gasteiger partial charge >= 0.3 is 5.97 Å². The van der Waals surface area contributed by atoms with Crippen LogP contribution >= 0.6 is 0 Å². The second kappa shape index (κ2) is 7.79. The molecular formula is C17H17N5O5. The molecule has 0 spiro atoms. The molecular weight excluding hydrogens is 354 g/mol. The normalized spacial score (nSPS) is 10.6. The molecule has 0 atom stereocenters. The Kier molecular flexibility index (Phi) is 5.27. The number of nitrogens with one attached hydrogen (secondary N) is 1. The highest BCUT2D eigenvalue weighted by Gasteiger charge is 2.16. The van der Waals surface area contributed by atoms with Gasteiger partial charge in [0, 0.05) is 18.9 Å². The van der Waals surface area contributed by atoms with Crippen LogP contribution in [0.4, 0.5) is 5.82 Å². The molecule has 3 rings (SSSR count). The summed E-state index contributed by atoms with van der Waals surface area (Å²) in [5.41, 5.74) is 1.88. The monoisotopic (exact) mass is 371 g/mol. The quantitative estimate of drug-likeness (QED) is 0.642. The minimum absolute atomic E-state index is 0.0691. The van der Waals surface area contributed by atoms with Gasteiger partial charge in [-0.15, -0.1) is 0 Å². The van der Waals surface area contributed by atoms with Crippen molar-refractivity contribution in [1.29, 1.82) is 0 Å². The van der Waals surface area contributed by atoms with Crippen LogP contribution in [-0.4, -0.2) is 59.4 Å². The Labute approximate surface area is 154 Å². The number of anilines is 1. The van der Waals surface area contributed by atoms with Crippen LogP contribution in [0, 0.1) is 0 Å². The predicted molar refractivity (Wildman–Crippen MR) is 94.6 cm³/mol. The molecule has 0 aliphatic rings. The van der Waals surface area contributed by atoms with Crippen LogP contribution in [0.3, 0.4) is 0 Å². The number of pyridine rings is 1. The number of nitrogens with zero attached hydrogens (tertiary/aromatic N) is 4. The maximum Gasteiger partial charge on any atom is 0.343 e. The van der Waals surface area contributed by atoms with E-state index in [4.69, 9.17) is 14.2 Å². The summed E-state index contributed by atoms with van der Waals surface area (Å²) in [6.07, 6.45) is 3.11. The first-order valence-electron chi connectivity index (χ1n) is 7.83. The number of hydrogen-bond donors (Lipinski definition) is 1. The van der Waals surface area contributed by atoms with E-state index in [2.05, 4.69) is 20.4 Å². The minimum atomic E-state index is -0.562. The number of esters is 1. The third kappa shape index (κ3) is 3.85. The number of rotatable bonds is 6. The average molecular weight is 371 g/mol. The van der Waals surface area contributed by atoms with E-state index in [9.17, 15) is 9.59 Å². The fourth-order valence-electron chi connectivity index (χ4n) is 2.42. The molecule has 0 radical (unpaired) electrons. The summed E-state index contributed by atoms with van der Waals surface area (Å²) in [5, 5.41) is 7.05. The van der Waals surface area contributed by atoms with Gasteiger partial charge in [-0.25, -0.2) is 19.3 Å². The Morgan fingerprint density at radius 2 is 2.04 bits per heavy atom. The Balaban J connectivity index is 1.95. The van der Waals surface area contributed by atoms with Crippen molar-refractivity contribution in [2.45, 2.75) is 0 Å². The van der Waals surface area contributed by atoms with Gasteiger partial charge in [0.2, 0.25) is 5.88 Å². The third-order valence-electron chi connectivity index (χ3n) is 3.61. The molecule has 0 bridgehead atoms. The number of carbonyl (C=O) groups excluding carboxylic acids is 2. The third-order valence-corrected chi connectivity index (χ3v) is 3.61. The summed E-state index contributed by atoms with van der Waals surface area (Å²) in [4.78, 5) is 31.9. The molecule has 3 aromatic heterocycles. The minimum Gasteiger partial charge on any atom is -0.480 e. The Morgan fingerprint density at radius 3 is 2.74 bits per heavy atom. The van der Waals surface area contributed by atoms with Crippen LogP contribution in [0.2, 0.25) is 0 Å². The maximum atomic E-state index is 11.9. The van der Waals surface area contributed by atoms with Crippen molar-refractivity contribution in [2.24, 2.45) is 0 Å². The van der Waals surface area contributed by atoms with Crippen molar-refractivity contribution in [3.8, 4) is 17.1 Å². The van der Waals surface area contributed by atoms with E-state index in [0.717, 1.165) is 0 Å². The van der Waals surface area contributed by atoms with Gasteiger partial charge in [-0.2, -0.15) is 5.10 Å². The number of amides is 1. The van der Waals surface area contributed by atoms with Gasteiger partial charge in [0.25, 0.3) is 5.91 Å². The number of methoxy groups -OCH3 is 3. The zero-order valence-corrected chi connectivity index (χ0v) is 14.9. The lowest BCUT2D eigenvalue weighted by atomic mass is 10.1. The predicted octanol–water partition coefficient (Wildman–Crippen LogP) is 1.17. The van der Waals surface area contributed by atoms with Gasteiger partial charge in [0.1, 0.15) is 12.2 Å². The Bertz CT molecular complexity index is 1000. The first kappa shape index (κ1) is 18.3. The molecule has 0 aliphatic carbocycles. The summed E-state index contributed by atoms with van der Waals surface area (Å²) in [5.74, 6) is -0.362. The molecule has 3 heterocycles. The number of fused-ring (bicyclic) bond motifs is 1. The number of aromatic nitrogens is 4. The van der Waals surface area contributed by atoms with E-state index in [1.54, 1.807) is 24.4 Å². The largest absolute Gasteiger partial charge is 0.480 e. The van der Waals surface area contributed by atoms with Crippen molar-refractivity contribution in [2.75, 3.05) is 33.3 Å². The summed E-state index contributed by atoms with van der Waals surface area (Å²) in [6, 6.07) is 5.05. The van der Waals surface area contributed by atoms with Gasteiger partial charge in [0.05, 0.1) is 26.1 Å². The van der Waals surface area contributed by atoms with Crippen molar-refractivity contribution < 1.29 is 23.8 Å². The number of ether oxygens (including phenoxy) is 3. The van der Waals surface area contributed by atoms with E-state index >= 15 is 0 Å². The van der Waals surface area contributed by atoms with Crippen LogP contribution in [0.25, 0.3) is 16.9 Å². The highest BCUT2D eigenvalue weighted by Crippen LogP contribution is 2.24. The number of imidazole rings is 1. The molecule has 10 heteroatoms. The topological polar surface area (TPSA) is 117 Å². The molecule has 1 amide bonds. The highest BCUT2D eigenvalue weighted by molar-refractivity contribution is 5.93. The van der Waals surface area contributed by atoms with E-state index < -0.39 is 5.97 Å². The van der Waals surface area contributed by atoms with E-state index in [1.807, 2.05) is 0 Å². The Hall–Kier alpha value is -3.53. The molecule has 27 heavy (non-hydrogen) atoms. The molecule has 1 N–H and O–H groups in total. The lowest BCUT2D eigenvalue weighted by Crippen LogP contribution is -2.17. The van der Waals surface area contributed by atoms with Crippen molar-refractivity contribution in [3.05, 3.63) is 36.2 Å². The van der Waals surface area contributed by atoms with Crippen molar-refractivity contribution >= 4 is 23.3 Å². The first-order valence-corrected chi connectivity index (χ1v) is 7.83. The molecule has 3 aromatic rings. The fraction of sp³-hybridized carbons (Fsp3) is 0.235. The lowest BCUT2D eigenvalue weighted by Gasteiger charge is -2.08. The zero-order chi connectivity index (χ0) is 19.4. The summed E-state index contributed by atoms with van der Waals surface area (Å²) in [7, 11) is 4.13. The molecule has 0 saturated carbocycles. The smallest absolute Gasteiger partial charge is 0.343 e. The van der Waals surface area contributed by atoms with Crippen LogP contribution in [0.5, 0.6) is 5.88 Å². The van der Waals surface area contributed by atoms with Crippen LogP contribution in [0.15, 0.2) is 30.6 Å². The summed E-state index contributed by atoms with van der Waals surface area (Å²) in [6.45, 7) is -0.0691. The van der Waals surface area contributed by atoms with Gasteiger partial charge < -0.3 is 19.5 Å². The highest BCUT2D eigenvalue weighted by atomic mass is 16.5. The number of carbonyl (C=O) groups is 2. The van der Waals surface area contributed by atoms with E-state index in [0.29, 0.717) is 22.7 Å². The second-order valence-electron chi connectivity index (χ2n) is 5.40. The van der Waals surface area contributed by atoms with Crippen LogP contribution in [0.1, 0.15) is 10.4 Å². The molecule has 0 aliphatic heterocycles. The summed E-state index contributed by atoms with van der Waals surface area (Å²) >= 11 is 0. The lowest BCUT2D eigenvalue weighted by molar-refractivity contribution is -0.119.